The molecule has 0 bridgehead atoms. The van der Waals surface area contributed by atoms with Crippen molar-refractivity contribution in [2.75, 3.05) is 0 Å². The number of nitrogens with zero attached hydrogens (tertiary/aromatic N) is 1. The van der Waals surface area contributed by atoms with Crippen molar-refractivity contribution in [1.82, 2.24) is 15.5 Å². The van der Waals surface area contributed by atoms with E-state index >= 15 is 0 Å². The van der Waals surface area contributed by atoms with E-state index in [-0.39, 0.29) is 11.9 Å². The van der Waals surface area contributed by atoms with Crippen molar-refractivity contribution in [3.05, 3.63) is 52.3 Å². The molecule has 0 aliphatic heterocycles. The largest absolute Gasteiger partial charge is 0.349 e. The molecule has 2 aromatic rings. The molecule has 1 unspecified atom stereocenters. The lowest BCUT2D eigenvalue weighted by Gasteiger charge is -2.23. The molecule has 0 spiro atoms. The van der Waals surface area contributed by atoms with Crippen LogP contribution in [0.3, 0.4) is 0 Å². The summed E-state index contributed by atoms with van der Waals surface area (Å²) in [6.45, 7) is 4.08. The molecule has 20 heavy (non-hydrogen) atoms. The van der Waals surface area contributed by atoms with E-state index in [2.05, 4.69) is 22.4 Å². The Kier molecular flexibility index (Phi) is 3.30. The van der Waals surface area contributed by atoms with Crippen molar-refractivity contribution in [3.63, 3.8) is 0 Å². The topological polar surface area (TPSA) is 57.8 Å². The van der Waals surface area contributed by atoms with Crippen molar-refractivity contribution in [3.8, 4) is 0 Å². The first-order valence-corrected chi connectivity index (χ1v) is 7.02. The SMILES string of the molecule is Cc1ccc(C(=O)NC2CCc3cn[nH]c3C2)cc1C. The third-order valence-electron chi connectivity index (χ3n) is 4.12. The lowest BCUT2D eigenvalue weighted by atomic mass is 9.93. The molecule has 1 aromatic carbocycles. The fourth-order valence-electron chi connectivity index (χ4n) is 2.68. The van der Waals surface area contributed by atoms with Gasteiger partial charge in [0.15, 0.2) is 0 Å². The van der Waals surface area contributed by atoms with Crippen LogP contribution in [0.25, 0.3) is 0 Å². The number of rotatable bonds is 2. The zero-order valence-electron chi connectivity index (χ0n) is 11.9. The first-order chi connectivity index (χ1) is 9.63. The van der Waals surface area contributed by atoms with Crippen molar-refractivity contribution in [2.45, 2.75) is 39.2 Å². The molecule has 0 radical (unpaired) electrons. The number of aromatic nitrogens is 2. The Labute approximate surface area is 118 Å². The van der Waals surface area contributed by atoms with Crippen LogP contribution in [0.2, 0.25) is 0 Å². The van der Waals surface area contributed by atoms with Crippen molar-refractivity contribution >= 4 is 5.91 Å². The van der Waals surface area contributed by atoms with Crippen LogP contribution in [0.15, 0.2) is 24.4 Å². The zero-order valence-corrected chi connectivity index (χ0v) is 11.9. The van der Waals surface area contributed by atoms with Gasteiger partial charge in [-0.1, -0.05) is 6.07 Å². The maximum absolute atomic E-state index is 12.3. The van der Waals surface area contributed by atoms with Crippen molar-refractivity contribution in [1.29, 1.82) is 0 Å². The van der Waals surface area contributed by atoms with Gasteiger partial charge in [-0.25, -0.2) is 0 Å². The Hall–Kier alpha value is -2.10. The van der Waals surface area contributed by atoms with Crippen LogP contribution in [0.5, 0.6) is 0 Å². The summed E-state index contributed by atoms with van der Waals surface area (Å²) in [7, 11) is 0. The minimum Gasteiger partial charge on any atom is -0.349 e. The average Bonchev–Trinajstić information content (AvgIpc) is 2.89. The lowest BCUT2D eigenvalue weighted by Crippen LogP contribution is -2.38. The molecule has 1 amide bonds. The fourth-order valence-corrected chi connectivity index (χ4v) is 2.68. The maximum atomic E-state index is 12.3. The number of benzene rings is 1. The number of carbonyl (C=O) groups excluding carboxylic acids is 1. The molecule has 2 N–H and O–H groups in total. The van der Waals surface area contributed by atoms with Gasteiger partial charge in [0.05, 0.1) is 6.20 Å². The molecule has 4 heteroatoms. The highest BCUT2D eigenvalue weighted by Crippen LogP contribution is 2.19. The number of aryl methyl sites for hydroxylation is 3. The molecule has 1 heterocycles. The Morgan fingerprint density at radius 3 is 3.00 bits per heavy atom. The molecule has 1 atom stereocenters. The van der Waals surface area contributed by atoms with Gasteiger partial charge in [0.25, 0.3) is 5.91 Å². The second kappa shape index (κ2) is 5.12. The van der Waals surface area contributed by atoms with E-state index in [0.29, 0.717) is 0 Å². The Balaban J connectivity index is 1.69. The first-order valence-electron chi connectivity index (χ1n) is 7.02. The summed E-state index contributed by atoms with van der Waals surface area (Å²) >= 11 is 0. The van der Waals surface area contributed by atoms with E-state index in [0.717, 1.165) is 36.1 Å². The number of fused-ring (bicyclic) bond motifs is 1. The zero-order chi connectivity index (χ0) is 14.1. The second-order valence-electron chi connectivity index (χ2n) is 5.59. The molecule has 4 nitrogen and oxygen atoms in total. The number of amides is 1. The van der Waals surface area contributed by atoms with Crippen LogP contribution in [-0.4, -0.2) is 22.1 Å². The van der Waals surface area contributed by atoms with Crippen molar-refractivity contribution < 1.29 is 4.79 Å². The average molecular weight is 269 g/mol. The summed E-state index contributed by atoms with van der Waals surface area (Å²) in [5.74, 6) is 0.0149. The third kappa shape index (κ3) is 2.46. The summed E-state index contributed by atoms with van der Waals surface area (Å²) in [6.07, 6.45) is 4.68. The highest BCUT2D eigenvalue weighted by Gasteiger charge is 2.22. The van der Waals surface area contributed by atoms with Crippen LogP contribution in [0.1, 0.15) is 39.2 Å². The number of hydrogen-bond acceptors (Lipinski definition) is 2. The number of hydrogen-bond donors (Lipinski definition) is 2. The van der Waals surface area contributed by atoms with E-state index in [4.69, 9.17) is 0 Å². The van der Waals surface area contributed by atoms with E-state index in [1.807, 2.05) is 31.3 Å². The van der Waals surface area contributed by atoms with E-state index < -0.39 is 0 Å². The van der Waals surface area contributed by atoms with Gasteiger partial charge in [-0.3, -0.25) is 9.89 Å². The normalized spacial score (nSPS) is 17.6. The van der Waals surface area contributed by atoms with Gasteiger partial charge in [-0.05, 0) is 55.5 Å². The van der Waals surface area contributed by atoms with Gasteiger partial charge in [0.1, 0.15) is 0 Å². The Morgan fingerprint density at radius 2 is 2.20 bits per heavy atom. The summed E-state index contributed by atoms with van der Waals surface area (Å²) < 4.78 is 0. The molecule has 0 saturated heterocycles. The molecule has 0 fully saturated rings. The number of nitrogens with one attached hydrogen (secondary N) is 2. The summed E-state index contributed by atoms with van der Waals surface area (Å²) in [6, 6.07) is 6.03. The van der Waals surface area contributed by atoms with Gasteiger partial charge in [-0.15, -0.1) is 0 Å². The molecule has 3 rings (SSSR count). The minimum absolute atomic E-state index is 0.0149. The quantitative estimate of drug-likeness (QED) is 0.879. The summed E-state index contributed by atoms with van der Waals surface area (Å²) in [5, 5.41) is 10.2. The van der Waals surface area contributed by atoms with Crippen molar-refractivity contribution in [2.24, 2.45) is 0 Å². The molecule has 1 aliphatic carbocycles. The predicted octanol–water partition coefficient (Wildman–Crippen LogP) is 2.31. The van der Waals surface area contributed by atoms with Crippen LogP contribution in [-0.2, 0) is 12.8 Å². The number of H-pyrrole nitrogens is 1. The molecule has 0 saturated carbocycles. The number of aromatic amines is 1. The van der Waals surface area contributed by atoms with Gasteiger partial charge in [0.2, 0.25) is 0 Å². The molecule has 1 aliphatic rings. The van der Waals surface area contributed by atoms with Gasteiger partial charge >= 0.3 is 0 Å². The maximum Gasteiger partial charge on any atom is 0.251 e. The first kappa shape index (κ1) is 12.9. The standard InChI is InChI=1S/C16H19N3O/c1-10-3-4-12(7-11(10)2)16(20)18-14-6-5-13-9-17-19-15(13)8-14/h3-4,7,9,14H,5-6,8H2,1-2H3,(H,17,19)(H,18,20). The van der Waals surface area contributed by atoms with E-state index in [9.17, 15) is 4.79 Å². The van der Waals surface area contributed by atoms with Crippen LogP contribution in [0.4, 0.5) is 0 Å². The number of carbonyl (C=O) groups is 1. The summed E-state index contributed by atoms with van der Waals surface area (Å²) in [4.78, 5) is 12.3. The van der Waals surface area contributed by atoms with Gasteiger partial charge in [0, 0.05) is 23.7 Å². The van der Waals surface area contributed by atoms with Gasteiger partial charge < -0.3 is 5.32 Å². The van der Waals surface area contributed by atoms with Gasteiger partial charge in [-0.2, -0.15) is 5.10 Å². The monoisotopic (exact) mass is 269 g/mol. The van der Waals surface area contributed by atoms with Crippen LogP contribution < -0.4 is 5.32 Å². The highest BCUT2D eigenvalue weighted by molar-refractivity contribution is 5.94. The molecular formula is C16H19N3O. The molecular weight excluding hydrogens is 250 g/mol. The highest BCUT2D eigenvalue weighted by atomic mass is 16.1. The predicted molar refractivity (Wildman–Crippen MR) is 77.8 cm³/mol. The van der Waals surface area contributed by atoms with E-state index in [1.165, 1.54) is 11.1 Å². The minimum atomic E-state index is 0.0149. The Morgan fingerprint density at radius 1 is 1.35 bits per heavy atom. The molecule has 104 valence electrons. The lowest BCUT2D eigenvalue weighted by molar-refractivity contribution is 0.0933. The smallest absolute Gasteiger partial charge is 0.251 e. The Bertz CT molecular complexity index is 645. The summed E-state index contributed by atoms with van der Waals surface area (Å²) in [5.41, 5.74) is 5.53. The molecule has 1 aromatic heterocycles. The second-order valence-corrected chi connectivity index (χ2v) is 5.59. The fraction of sp³-hybridized carbons (Fsp3) is 0.375. The van der Waals surface area contributed by atoms with Crippen LogP contribution in [0, 0.1) is 13.8 Å². The third-order valence-corrected chi connectivity index (χ3v) is 4.12. The van der Waals surface area contributed by atoms with E-state index in [1.54, 1.807) is 0 Å². The van der Waals surface area contributed by atoms with Crippen LogP contribution >= 0.6 is 0 Å².